The zero-order chi connectivity index (χ0) is 19.6. The van der Waals surface area contributed by atoms with Crippen molar-refractivity contribution in [3.05, 3.63) is 70.7 Å². The molecule has 0 bridgehead atoms. The maximum Gasteiger partial charge on any atom is 0.310 e. The van der Waals surface area contributed by atoms with Crippen molar-refractivity contribution in [1.29, 1.82) is 0 Å². The predicted molar refractivity (Wildman–Crippen MR) is 103 cm³/mol. The highest BCUT2D eigenvalue weighted by Gasteiger charge is 2.61. The van der Waals surface area contributed by atoms with E-state index in [-0.39, 0.29) is 21.7 Å². The highest BCUT2D eigenvalue weighted by Crippen LogP contribution is 2.60. The molecule has 1 aliphatic carbocycles. The minimum Gasteiger partial charge on any atom is -0.461 e. The Morgan fingerprint density at radius 1 is 1.15 bits per heavy atom. The molecule has 136 valence electrons. The van der Waals surface area contributed by atoms with Crippen molar-refractivity contribution >= 4 is 29.2 Å². The summed E-state index contributed by atoms with van der Waals surface area (Å²) >= 11 is 11.4. The third-order valence-corrected chi connectivity index (χ3v) is 4.87. The van der Waals surface area contributed by atoms with E-state index < -0.39 is 12.6 Å². The minimum absolute atomic E-state index is 0.0880. The molecule has 0 spiro atoms. The van der Waals surface area contributed by atoms with Crippen LogP contribution in [0.4, 0.5) is 0 Å². The van der Waals surface area contributed by atoms with E-state index >= 15 is 0 Å². The summed E-state index contributed by atoms with van der Waals surface area (Å²) in [4.78, 5) is 12.5. The number of carbonyl (C=O) groups excluding carboxylic acids is 1. The smallest absolute Gasteiger partial charge is 0.310 e. The highest BCUT2D eigenvalue weighted by molar-refractivity contribution is 6.55. The second kappa shape index (κ2) is 7.73. The number of hydrogen-bond donors (Lipinski definition) is 0. The summed E-state index contributed by atoms with van der Waals surface area (Å²) in [6.07, 6.45) is 1.66. The number of hydrogen-bond acceptors (Lipinski definition) is 3. The van der Waals surface area contributed by atoms with Gasteiger partial charge in [0.15, 0.2) is 0 Å². The molecule has 5 heteroatoms. The number of ether oxygens (including phenoxy) is 2. The minimum atomic E-state index is -1.13. The number of benzene rings is 2. The molecule has 1 aliphatic rings. The van der Waals surface area contributed by atoms with Crippen LogP contribution in [0, 0.1) is 17.3 Å². The molecule has 0 amide bonds. The van der Waals surface area contributed by atoms with E-state index in [1.54, 1.807) is 30.3 Å². The summed E-state index contributed by atoms with van der Waals surface area (Å²) in [5.74, 6) is 0.399. The topological polar surface area (TPSA) is 35.5 Å². The first-order chi connectivity index (χ1) is 12.8. The number of allylic oxidation sites excluding steroid dienone is 1. The molecular weight excluding hydrogens is 371 g/mol. The van der Waals surface area contributed by atoms with Crippen LogP contribution in [0.1, 0.15) is 20.8 Å². The largest absolute Gasteiger partial charge is 0.461 e. The van der Waals surface area contributed by atoms with Crippen molar-refractivity contribution < 1.29 is 15.6 Å². The molecule has 3 atom stereocenters. The van der Waals surface area contributed by atoms with Crippen LogP contribution in [0.25, 0.3) is 0 Å². The van der Waals surface area contributed by atoms with Gasteiger partial charge in [-0.05, 0) is 47.2 Å². The van der Waals surface area contributed by atoms with Crippen molar-refractivity contribution in [3.63, 3.8) is 0 Å². The second-order valence-corrected chi connectivity index (χ2v) is 7.83. The molecule has 0 saturated heterocycles. The summed E-state index contributed by atoms with van der Waals surface area (Å²) < 4.78 is 19.5. The molecule has 1 saturated carbocycles. The second-order valence-electron chi connectivity index (χ2n) is 6.82. The number of halogens is 2. The van der Waals surface area contributed by atoms with Crippen molar-refractivity contribution in [2.75, 3.05) is 0 Å². The van der Waals surface area contributed by atoms with E-state index in [2.05, 4.69) is 0 Å². The monoisotopic (exact) mass is 391 g/mol. The molecule has 1 unspecified atom stereocenters. The zero-order valence-electron chi connectivity index (χ0n) is 15.5. The van der Waals surface area contributed by atoms with E-state index in [1.807, 2.05) is 44.2 Å². The molecule has 3 nitrogen and oxygen atoms in total. The quantitative estimate of drug-likeness (QED) is 0.556. The first kappa shape index (κ1) is 17.4. The zero-order valence-corrected chi connectivity index (χ0v) is 16.0. The lowest BCUT2D eigenvalue weighted by molar-refractivity contribution is -0.147. The van der Waals surface area contributed by atoms with Gasteiger partial charge in [-0.15, -0.1) is 0 Å². The Labute approximate surface area is 164 Å². The average Bonchev–Trinajstić information content (AvgIpc) is 3.15. The molecule has 0 N–H and O–H groups in total. The van der Waals surface area contributed by atoms with E-state index in [0.717, 1.165) is 0 Å². The van der Waals surface area contributed by atoms with Gasteiger partial charge in [0.05, 0.1) is 7.29 Å². The Bertz CT molecular complexity index is 848. The molecule has 2 aromatic carbocycles. The summed E-state index contributed by atoms with van der Waals surface area (Å²) in [7, 11) is 0. The summed E-state index contributed by atoms with van der Waals surface area (Å²) in [5.41, 5.74) is 0.252. The van der Waals surface area contributed by atoms with E-state index in [1.165, 1.54) is 0 Å². The van der Waals surface area contributed by atoms with Crippen LogP contribution in [-0.2, 0) is 16.1 Å². The Balaban J connectivity index is 1.66. The van der Waals surface area contributed by atoms with Crippen LogP contribution in [0.2, 0.25) is 0 Å². The number of esters is 1. The van der Waals surface area contributed by atoms with Gasteiger partial charge < -0.3 is 9.47 Å². The van der Waals surface area contributed by atoms with Crippen molar-refractivity contribution in [2.45, 2.75) is 20.4 Å². The first-order valence-electron chi connectivity index (χ1n) is 8.85. The molecular formula is C21H20Cl2O3. The van der Waals surface area contributed by atoms with Gasteiger partial charge in [0.25, 0.3) is 0 Å². The fourth-order valence-corrected chi connectivity index (χ4v) is 3.32. The summed E-state index contributed by atoms with van der Waals surface area (Å²) in [6, 6.07) is 16.3. The van der Waals surface area contributed by atoms with Gasteiger partial charge in [0, 0.05) is 0 Å². The van der Waals surface area contributed by atoms with Gasteiger partial charge in [-0.2, -0.15) is 0 Å². The Morgan fingerprint density at radius 3 is 2.54 bits per heavy atom. The predicted octanol–water partition coefficient (Wildman–Crippen LogP) is 6.11. The number of rotatable bonds is 6. The van der Waals surface area contributed by atoms with Crippen molar-refractivity contribution in [3.8, 4) is 11.5 Å². The lowest BCUT2D eigenvalue weighted by Gasteiger charge is -2.09. The van der Waals surface area contributed by atoms with Crippen LogP contribution in [-0.4, -0.2) is 5.97 Å². The highest BCUT2D eigenvalue weighted by atomic mass is 35.5. The third-order valence-electron chi connectivity index (χ3n) is 4.62. The molecule has 3 rings (SSSR count). The van der Waals surface area contributed by atoms with E-state index in [9.17, 15) is 4.79 Å². The van der Waals surface area contributed by atoms with Crippen LogP contribution < -0.4 is 4.74 Å². The van der Waals surface area contributed by atoms with Gasteiger partial charge >= 0.3 is 5.97 Å². The van der Waals surface area contributed by atoms with Crippen molar-refractivity contribution in [2.24, 2.45) is 17.3 Å². The van der Waals surface area contributed by atoms with Crippen LogP contribution in [0.5, 0.6) is 11.5 Å². The molecule has 1 fully saturated rings. The van der Waals surface area contributed by atoms with Crippen LogP contribution in [0.15, 0.2) is 65.2 Å². The van der Waals surface area contributed by atoms with Gasteiger partial charge in [0.1, 0.15) is 22.6 Å². The Morgan fingerprint density at radius 2 is 1.85 bits per heavy atom. The lowest BCUT2D eigenvalue weighted by Crippen LogP contribution is -2.10. The van der Waals surface area contributed by atoms with Crippen LogP contribution >= 0.6 is 23.2 Å². The molecule has 0 aromatic heterocycles. The maximum absolute atomic E-state index is 12.5. The molecule has 26 heavy (non-hydrogen) atoms. The van der Waals surface area contributed by atoms with E-state index in [0.29, 0.717) is 17.1 Å². The van der Waals surface area contributed by atoms with Gasteiger partial charge in [-0.25, -0.2) is 0 Å². The Kier molecular flexibility index (Phi) is 5.18. The Hall–Kier alpha value is -1.97. The SMILES string of the molecule is [2H]C(OC(=O)[C@@H]1[C@H](C=C(Cl)Cl)C1(C)C)c1cccc(Oc2ccccc2)c1. The summed E-state index contributed by atoms with van der Waals surface area (Å²) in [6.45, 7) is 2.76. The van der Waals surface area contributed by atoms with Crippen LogP contribution in [0.3, 0.4) is 0 Å². The fraction of sp³-hybridized carbons (Fsp3) is 0.286. The number of para-hydroxylation sites is 1. The molecule has 0 radical (unpaired) electrons. The lowest BCUT2D eigenvalue weighted by atomic mass is 10.1. The van der Waals surface area contributed by atoms with E-state index in [4.69, 9.17) is 34.0 Å². The molecule has 0 heterocycles. The van der Waals surface area contributed by atoms with Gasteiger partial charge in [-0.3, -0.25) is 4.79 Å². The fourth-order valence-electron chi connectivity index (χ4n) is 3.05. The maximum atomic E-state index is 12.5. The number of carbonyl (C=O) groups is 1. The standard InChI is InChI=1S/C21H20Cl2O3/c1-21(2)17(12-18(22)23)19(21)20(24)25-13-14-7-6-10-16(11-14)26-15-8-4-3-5-9-15/h3-12,17,19H,13H2,1-2H3/t17-,19-/m0/s1/i13D/t13?,17-,19-. The molecule has 0 aliphatic heterocycles. The average molecular weight is 392 g/mol. The van der Waals surface area contributed by atoms with Gasteiger partial charge in [0.2, 0.25) is 0 Å². The van der Waals surface area contributed by atoms with Crippen molar-refractivity contribution in [1.82, 2.24) is 0 Å². The normalized spacial score (nSPS) is 21.9. The first-order valence-corrected chi connectivity index (χ1v) is 9.03. The summed E-state index contributed by atoms with van der Waals surface area (Å²) in [5, 5.41) is 0. The third kappa shape index (κ3) is 4.40. The van der Waals surface area contributed by atoms with Gasteiger partial charge in [-0.1, -0.05) is 67.4 Å². The molecule has 2 aromatic rings.